The molecule has 0 radical (unpaired) electrons. The molecule has 1 aliphatic heterocycles. The molecule has 1 aliphatic carbocycles. The van der Waals surface area contributed by atoms with Gasteiger partial charge in [-0.2, -0.15) is 0 Å². The van der Waals surface area contributed by atoms with Crippen molar-refractivity contribution in [2.75, 3.05) is 4.90 Å². The molecule has 51 heavy (non-hydrogen) atoms. The number of para-hydroxylation sites is 1. The molecule has 11 rings (SSSR count). The monoisotopic (exact) mass is 651 g/mol. The van der Waals surface area contributed by atoms with Crippen LogP contribution < -0.4 is 4.90 Å². The molecule has 0 saturated heterocycles. The Morgan fingerprint density at radius 3 is 2.06 bits per heavy atom. The highest BCUT2D eigenvalue weighted by molar-refractivity contribution is 6.23. The lowest BCUT2D eigenvalue weighted by atomic mass is 9.69. The van der Waals surface area contributed by atoms with E-state index in [1.165, 1.54) is 99.1 Å². The van der Waals surface area contributed by atoms with Crippen LogP contribution in [-0.4, -0.2) is 0 Å². The van der Waals surface area contributed by atoms with Gasteiger partial charge in [0.2, 0.25) is 0 Å². The Labute approximate surface area is 298 Å². The van der Waals surface area contributed by atoms with Crippen LogP contribution in [0.1, 0.15) is 54.0 Å². The second kappa shape index (κ2) is 10.5. The molecule has 0 bridgehead atoms. The summed E-state index contributed by atoms with van der Waals surface area (Å²) >= 11 is 0. The van der Waals surface area contributed by atoms with Crippen molar-refractivity contribution in [1.82, 2.24) is 0 Å². The molecule has 0 amide bonds. The molecule has 0 N–H and O–H groups in total. The number of hydrogen-bond acceptors (Lipinski definition) is 1. The first-order valence-corrected chi connectivity index (χ1v) is 18.4. The van der Waals surface area contributed by atoms with Crippen molar-refractivity contribution in [2.24, 2.45) is 0 Å². The van der Waals surface area contributed by atoms with E-state index in [0.29, 0.717) is 0 Å². The zero-order valence-corrected chi connectivity index (χ0v) is 28.9. The van der Waals surface area contributed by atoms with Crippen molar-refractivity contribution in [3.8, 4) is 11.1 Å². The summed E-state index contributed by atoms with van der Waals surface area (Å²) in [5.41, 5.74) is 13.5. The van der Waals surface area contributed by atoms with Gasteiger partial charge in [0.05, 0.1) is 17.1 Å². The second-order valence-electron chi connectivity index (χ2n) is 15.2. The van der Waals surface area contributed by atoms with E-state index in [0.717, 1.165) is 12.8 Å². The predicted molar refractivity (Wildman–Crippen MR) is 217 cm³/mol. The number of nitrogens with zero attached hydrogens (tertiary/aromatic N) is 1. The van der Waals surface area contributed by atoms with Crippen molar-refractivity contribution >= 4 is 60.2 Å². The fourth-order valence-electron chi connectivity index (χ4n) is 9.96. The van der Waals surface area contributed by atoms with Crippen LogP contribution in [0.15, 0.2) is 158 Å². The van der Waals surface area contributed by atoms with Crippen molar-refractivity contribution in [3.63, 3.8) is 0 Å². The van der Waals surface area contributed by atoms with E-state index in [4.69, 9.17) is 0 Å². The van der Waals surface area contributed by atoms with Crippen LogP contribution in [0.25, 0.3) is 54.2 Å². The Hall–Kier alpha value is -5.92. The number of fused-ring (bicyclic) bond motifs is 7. The minimum Gasteiger partial charge on any atom is -0.309 e. The van der Waals surface area contributed by atoms with Gasteiger partial charge in [0, 0.05) is 16.7 Å². The Kier molecular flexibility index (Phi) is 5.97. The van der Waals surface area contributed by atoms with E-state index in [9.17, 15) is 0 Å². The normalized spacial score (nSPS) is 16.2. The van der Waals surface area contributed by atoms with E-state index in [2.05, 4.69) is 176 Å². The molecule has 1 heterocycles. The van der Waals surface area contributed by atoms with Crippen molar-refractivity contribution < 1.29 is 0 Å². The lowest BCUT2D eigenvalue weighted by Gasteiger charge is -2.44. The maximum atomic E-state index is 2.55. The van der Waals surface area contributed by atoms with Crippen molar-refractivity contribution in [3.05, 3.63) is 186 Å². The predicted octanol–water partition coefficient (Wildman–Crippen LogP) is 13.6. The summed E-state index contributed by atoms with van der Waals surface area (Å²) in [4.78, 5) is 2.55. The van der Waals surface area contributed by atoms with Gasteiger partial charge in [-0.05, 0) is 108 Å². The van der Waals surface area contributed by atoms with Crippen LogP contribution >= 0.6 is 0 Å². The fourth-order valence-corrected chi connectivity index (χ4v) is 9.96. The standard InChI is InChI=1S/C50H37N/c1-50(2)42-18-7-8-19-44(42)51(43-20-10-12-31-11-3-4-15-36(31)43)45-30-26-35-24-27-38(37-16-5-6-17-40(37)48(35)49(45)50)39-28-23-34-22-21-32-13-9-14-33-25-29-41(39)47(34)46(32)33/h3-23,25-26,28-30,38H,24,27H2,1-2H3. The van der Waals surface area contributed by atoms with Gasteiger partial charge in [-0.15, -0.1) is 0 Å². The summed E-state index contributed by atoms with van der Waals surface area (Å²) in [6.45, 7) is 4.88. The van der Waals surface area contributed by atoms with E-state index in [1.807, 2.05) is 0 Å². The highest BCUT2D eigenvalue weighted by Crippen LogP contribution is 2.58. The minimum atomic E-state index is -0.210. The van der Waals surface area contributed by atoms with Crippen molar-refractivity contribution in [2.45, 2.75) is 38.0 Å². The molecule has 9 aromatic carbocycles. The van der Waals surface area contributed by atoms with Crippen LogP contribution in [0.3, 0.4) is 0 Å². The fraction of sp³-hybridized carbons (Fsp3) is 0.120. The van der Waals surface area contributed by atoms with Gasteiger partial charge in [-0.3, -0.25) is 0 Å². The third kappa shape index (κ3) is 3.98. The molecule has 0 fully saturated rings. The largest absolute Gasteiger partial charge is 0.309 e. The van der Waals surface area contributed by atoms with Gasteiger partial charge in [0.25, 0.3) is 0 Å². The van der Waals surface area contributed by atoms with Crippen molar-refractivity contribution in [1.29, 1.82) is 0 Å². The lowest BCUT2D eigenvalue weighted by Crippen LogP contribution is -2.31. The molecular formula is C50H37N. The summed E-state index contributed by atoms with van der Waals surface area (Å²) in [5, 5.41) is 10.7. The Morgan fingerprint density at radius 1 is 0.490 bits per heavy atom. The summed E-state index contributed by atoms with van der Waals surface area (Å²) in [6.07, 6.45) is 2.09. The molecule has 0 spiro atoms. The zero-order valence-electron chi connectivity index (χ0n) is 28.9. The van der Waals surface area contributed by atoms with Crippen LogP contribution in [-0.2, 0) is 11.8 Å². The van der Waals surface area contributed by atoms with Crippen LogP contribution in [0.5, 0.6) is 0 Å². The molecule has 1 heteroatoms. The van der Waals surface area contributed by atoms with E-state index in [-0.39, 0.29) is 11.3 Å². The van der Waals surface area contributed by atoms with Crippen LogP contribution in [0.4, 0.5) is 17.1 Å². The highest BCUT2D eigenvalue weighted by Gasteiger charge is 2.41. The third-order valence-corrected chi connectivity index (χ3v) is 12.2. The van der Waals surface area contributed by atoms with Gasteiger partial charge in [0.1, 0.15) is 0 Å². The first-order valence-electron chi connectivity index (χ1n) is 18.4. The smallest absolute Gasteiger partial charge is 0.0540 e. The number of rotatable bonds is 2. The average molecular weight is 652 g/mol. The zero-order chi connectivity index (χ0) is 33.8. The molecule has 1 nitrogen and oxygen atoms in total. The molecular weight excluding hydrogens is 615 g/mol. The maximum absolute atomic E-state index is 2.55. The molecule has 242 valence electrons. The summed E-state index contributed by atoms with van der Waals surface area (Å²) in [7, 11) is 0. The Bertz CT molecular complexity index is 2840. The van der Waals surface area contributed by atoms with E-state index in [1.54, 1.807) is 0 Å². The Balaban J connectivity index is 1.17. The van der Waals surface area contributed by atoms with Gasteiger partial charge in [0.15, 0.2) is 0 Å². The molecule has 9 aromatic rings. The van der Waals surface area contributed by atoms with E-state index >= 15 is 0 Å². The van der Waals surface area contributed by atoms with E-state index < -0.39 is 0 Å². The topological polar surface area (TPSA) is 3.24 Å². The number of benzene rings is 9. The minimum absolute atomic E-state index is 0.210. The average Bonchev–Trinajstić information content (AvgIpc) is 3.34. The summed E-state index contributed by atoms with van der Waals surface area (Å²) < 4.78 is 0. The molecule has 2 aliphatic rings. The number of hydrogen-bond donors (Lipinski definition) is 0. The van der Waals surface area contributed by atoms with Gasteiger partial charge in [-0.1, -0.05) is 153 Å². The second-order valence-corrected chi connectivity index (χ2v) is 15.2. The van der Waals surface area contributed by atoms with Crippen LogP contribution in [0, 0.1) is 0 Å². The number of anilines is 3. The highest BCUT2D eigenvalue weighted by atomic mass is 15.2. The summed E-state index contributed by atoms with van der Waals surface area (Å²) in [6, 6.07) is 59.6. The van der Waals surface area contributed by atoms with Gasteiger partial charge in [-0.25, -0.2) is 0 Å². The Morgan fingerprint density at radius 2 is 1.16 bits per heavy atom. The first kappa shape index (κ1) is 28.9. The lowest BCUT2D eigenvalue weighted by molar-refractivity contribution is 0.632. The number of aryl methyl sites for hydroxylation is 1. The molecule has 0 aromatic heterocycles. The molecule has 1 atom stereocenters. The van der Waals surface area contributed by atoms with Gasteiger partial charge >= 0.3 is 0 Å². The maximum Gasteiger partial charge on any atom is 0.0540 e. The molecule has 1 unspecified atom stereocenters. The SMILES string of the molecule is CC1(C)c2ccccc2N(c2cccc3ccccc23)c2ccc3c(c21)-c1ccccc1C(c1ccc2ccc4cccc5ccc1c2c45)CC3. The molecule has 0 saturated carbocycles. The third-order valence-electron chi connectivity index (χ3n) is 12.2. The van der Waals surface area contributed by atoms with Crippen LogP contribution in [0.2, 0.25) is 0 Å². The van der Waals surface area contributed by atoms with Gasteiger partial charge < -0.3 is 4.90 Å². The first-order chi connectivity index (χ1) is 25.1. The quantitative estimate of drug-likeness (QED) is 0.168. The summed E-state index contributed by atoms with van der Waals surface area (Å²) in [5.74, 6) is 0.280.